The molecule has 1 saturated heterocycles. The van der Waals surface area contributed by atoms with Gasteiger partial charge in [0, 0.05) is 19.2 Å². The smallest absolute Gasteiger partial charge is 0.129 e. The summed E-state index contributed by atoms with van der Waals surface area (Å²) < 4.78 is 20.4. The minimum Gasteiger partial charge on any atom is -0.383 e. The van der Waals surface area contributed by atoms with E-state index in [2.05, 4.69) is 5.10 Å². The minimum atomic E-state index is -0.259. The monoisotopic (exact) mass is 261 g/mol. The Morgan fingerprint density at radius 1 is 1.37 bits per heavy atom. The van der Waals surface area contributed by atoms with Crippen molar-refractivity contribution in [3.63, 3.8) is 0 Å². The van der Waals surface area contributed by atoms with Crippen molar-refractivity contribution in [2.24, 2.45) is 7.05 Å². The summed E-state index contributed by atoms with van der Waals surface area (Å²) in [5.74, 6) is 0.321. The number of rotatable bonds is 2. The van der Waals surface area contributed by atoms with E-state index in [9.17, 15) is 4.39 Å². The van der Waals surface area contributed by atoms with Crippen LogP contribution in [-0.2, 0) is 11.8 Å². The molecule has 0 saturated carbocycles. The van der Waals surface area contributed by atoms with Gasteiger partial charge in [0.25, 0.3) is 0 Å². The fourth-order valence-corrected chi connectivity index (χ4v) is 2.49. The standard InChI is InChI=1S/C14H16FN3O/c1-18-14(16)12(9-4-6-10(15)7-5-9)13(17-18)11-3-2-8-19-11/h4-7,11H,2-3,8,16H2,1H3. The molecule has 19 heavy (non-hydrogen) atoms. The fraction of sp³-hybridized carbons (Fsp3) is 0.357. The second kappa shape index (κ2) is 4.66. The van der Waals surface area contributed by atoms with Gasteiger partial charge in [-0.3, -0.25) is 4.68 Å². The molecule has 4 nitrogen and oxygen atoms in total. The summed E-state index contributed by atoms with van der Waals surface area (Å²) in [5.41, 5.74) is 8.67. The number of hydrogen-bond acceptors (Lipinski definition) is 3. The lowest BCUT2D eigenvalue weighted by atomic mass is 10.0. The van der Waals surface area contributed by atoms with Crippen molar-refractivity contribution in [1.82, 2.24) is 9.78 Å². The molecule has 1 aromatic carbocycles. The van der Waals surface area contributed by atoms with Crippen molar-refractivity contribution in [3.8, 4) is 11.1 Å². The molecule has 1 unspecified atom stereocenters. The van der Waals surface area contributed by atoms with Gasteiger partial charge in [0.2, 0.25) is 0 Å². The Hall–Kier alpha value is -1.88. The van der Waals surface area contributed by atoms with Crippen LogP contribution in [0.3, 0.4) is 0 Å². The first-order valence-corrected chi connectivity index (χ1v) is 6.36. The number of anilines is 1. The fourth-order valence-electron chi connectivity index (χ4n) is 2.49. The highest BCUT2D eigenvalue weighted by atomic mass is 19.1. The van der Waals surface area contributed by atoms with E-state index in [0.717, 1.165) is 36.3 Å². The molecule has 1 atom stereocenters. The number of benzene rings is 1. The summed E-state index contributed by atoms with van der Waals surface area (Å²) in [6.07, 6.45) is 1.97. The van der Waals surface area contributed by atoms with Gasteiger partial charge in [-0.05, 0) is 30.5 Å². The Morgan fingerprint density at radius 3 is 2.74 bits per heavy atom. The van der Waals surface area contributed by atoms with Crippen molar-refractivity contribution in [2.45, 2.75) is 18.9 Å². The van der Waals surface area contributed by atoms with E-state index in [0.29, 0.717) is 5.82 Å². The largest absolute Gasteiger partial charge is 0.383 e. The van der Waals surface area contributed by atoms with Gasteiger partial charge in [-0.25, -0.2) is 4.39 Å². The van der Waals surface area contributed by atoms with E-state index in [1.54, 1.807) is 23.9 Å². The molecular weight excluding hydrogens is 245 g/mol. The maximum absolute atomic E-state index is 13.0. The zero-order valence-corrected chi connectivity index (χ0v) is 10.8. The Morgan fingerprint density at radius 2 is 2.11 bits per heavy atom. The molecule has 0 bridgehead atoms. The van der Waals surface area contributed by atoms with Crippen molar-refractivity contribution in [2.75, 3.05) is 12.3 Å². The van der Waals surface area contributed by atoms with Gasteiger partial charge >= 0.3 is 0 Å². The molecule has 1 fully saturated rings. The van der Waals surface area contributed by atoms with Crippen LogP contribution in [0.15, 0.2) is 24.3 Å². The highest BCUT2D eigenvalue weighted by molar-refractivity contribution is 5.77. The van der Waals surface area contributed by atoms with Crippen LogP contribution in [-0.4, -0.2) is 16.4 Å². The summed E-state index contributed by atoms with van der Waals surface area (Å²) in [6.45, 7) is 0.754. The topological polar surface area (TPSA) is 53.1 Å². The Bertz CT molecular complexity index is 585. The number of aromatic nitrogens is 2. The summed E-state index contributed by atoms with van der Waals surface area (Å²) in [7, 11) is 1.81. The molecule has 2 aromatic rings. The molecule has 1 aliphatic rings. The first kappa shape index (κ1) is 12.2. The predicted molar refractivity (Wildman–Crippen MR) is 70.9 cm³/mol. The van der Waals surface area contributed by atoms with Gasteiger partial charge in [-0.2, -0.15) is 5.10 Å². The Balaban J connectivity index is 2.10. The summed E-state index contributed by atoms with van der Waals surface area (Å²) in [4.78, 5) is 0. The van der Waals surface area contributed by atoms with Crippen LogP contribution < -0.4 is 5.73 Å². The number of nitrogen functional groups attached to an aromatic ring is 1. The molecular formula is C14H16FN3O. The van der Waals surface area contributed by atoms with Crippen molar-refractivity contribution < 1.29 is 9.13 Å². The van der Waals surface area contributed by atoms with Gasteiger partial charge in [0.15, 0.2) is 0 Å². The third-order valence-electron chi connectivity index (χ3n) is 3.49. The quantitative estimate of drug-likeness (QED) is 0.904. The molecule has 0 radical (unpaired) electrons. The van der Waals surface area contributed by atoms with Crippen molar-refractivity contribution in [1.29, 1.82) is 0 Å². The normalized spacial score (nSPS) is 18.9. The lowest BCUT2D eigenvalue weighted by Gasteiger charge is -2.09. The predicted octanol–water partition coefficient (Wildman–Crippen LogP) is 2.66. The molecule has 2 heterocycles. The van der Waals surface area contributed by atoms with Crippen LogP contribution in [0, 0.1) is 5.82 Å². The lowest BCUT2D eigenvalue weighted by Crippen LogP contribution is -2.00. The number of aryl methyl sites for hydroxylation is 1. The van der Waals surface area contributed by atoms with E-state index in [1.165, 1.54) is 12.1 Å². The van der Waals surface area contributed by atoms with E-state index in [4.69, 9.17) is 10.5 Å². The van der Waals surface area contributed by atoms with E-state index < -0.39 is 0 Å². The summed E-state index contributed by atoms with van der Waals surface area (Å²) >= 11 is 0. The molecule has 1 aliphatic heterocycles. The van der Waals surface area contributed by atoms with Crippen molar-refractivity contribution >= 4 is 5.82 Å². The maximum Gasteiger partial charge on any atom is 0.129 e. The highest BCUT2D eigenvalue weighted by Crippen LogP contribution is 2.38. The average molecular weight is 261 g/mol. The van der Waals surface area contributed by atoms with Crippen LogP contribution in [0.5, 0.6) is 0 Å². The maximum atomic E-state index is 13.0. The van der Waals surface area contributed by atoms with Crippen molar-refractivity contribution in [3.05, 3.63) is 35.8 Å². The third-order valence-corrected chi connectivity index (χ3v) is 3.49. The van der Waals surface area contributed by atoms with Gasteiger partial charge in [-0.15, -0.1) is 0 Å². The zero-order chi connectivity index (χ0) is 13.4. The summed E-state index contributed by atoms with van der Waals surface area (Å²) in [6, 6.07) is 6.31. The number of halogens is 1. The van der Waals surface area contributed by atoms with Gasteiger partial charge < -0.3 is 10.5 Å². The van der Waals surface area contributed by atoms with Crippen LogP contribution in [0.25, 0.3) is 11.1 Å². The highest BCUT2D eigenvalue weighted by Gasteiger charge is 2.26. The molecule has 0 amide bonds. The second-order valence-corrected chi connectivity index (χ2v) is 4.78. The molecule has 3 rings (SSSR count). The van der Waals surface area contributed by atoms with E-state index >= 15 is 0 Å². The van der Waals surface area contributed by atoms with Gasteiger partial charge in [0.1, 0.15) is 23.4 Å². The SMILES string of the molecule is Cn1nc(C2CCCO2)c(-c2ccc(F)cc2)c1N. The van der Waals surface area contributed by atoms with Gasteiger partial charge in [0.05, 0.1) is 0 Å². The first-order valence-electron chi connectivity index (χ1n) is 6.36. The number of nitrogens with two attached hydrogens (primary N) is 1. The first-order chi connectivity index (χ1) is 9.16. The molecule has 0 spiro atoms. The minimum absolute atomic E-state index is 0.0106. The molecule has 2 N–H and O–H groups in total. The number of ether oxygens (including phenoxy) is 1. The van der Waals surface area contributed by atoms with Crippen LogP contribution >= 0.6 is 0 Å². The zero-order valence-electron chi connectivity index (χ0n) is 10.8. The summed E-state index contributed by atoms with van der Waals surface area (Å²) in [5, 5.41) is 4.46. The lowest BCUT2D eigenvalue weighted by molar-refractivity contribution is 0.108. The average Bonchev–Trinajstić information content (AvgIpc) is 3.01. The Kier molecular flexibility index (Phi) is 2.98. The second-order valence-electron chi connectivity index (χ2n) is 4.78. The van der Waals surface area contributed by atoms with Crippen LogP contribution in [0.2, 0.25) is 0 Å². The number of hydrogen-bond donors (Lipinski definition) is 1. The van der Waals surface area contributed by atoms with Crippen LogP contribution in [0.1, 0.15) is 24.6 Å². The molecule has 0 aliphatic carbocycles. The Labute approximate surface area is 111 Å². The van der Waals surface area contributed by atoms with Crippen LogP contribution in [0.4, 0.5) is 10.2 Å². The van der Waals surface area contributed by atoms with E-state index in [1.807, 2.05) is 0 Å². The van der Waals surface area contributed by atoms with E-state index in [-0.39, 0.29) is 11.9 Å². The molecule has 1 aromatic heterocycles. The third kappa shape index (κ3) is 2.10. The molecule has 5 heteroatoms. The van der Waals surface area contributed by atoms with Gasteiger partial charge in [-0.1, -0.05) is 12.1 Å². The molecule has 100 valence electrons. The number of nitrogens with zero attached hydrogens (tertiary/aromatic N) is 2.